The van der Waals surface area contributed by atoms with Crippen LogP contribution >= 0.6 is 0 Å². The van der Waals surface area contributed by atoms with Crippen molar-refractivity contribution in [3.8, 4) is 0 Å². The highest BCUT2D eigenvalue weighted by Gasteiger charge is 2.41. The summed E-state index contributed by atoms with van der Waals surface area (Å²) < 4.78 is 9.56. The van der Waals surface area contributed by atoms with E-state index in [4.69, 9.17) is 4.74 Å². The molecule has 3 unspecified atom stereocenters. The quantitative estimate of drug-likeness (QED) is 0.676. The number of nitrogens with zero attached hydrogens (tertiary/aromatic N) is 1. The third-order valence-corrected chi connectivity index (χ3v) is 2.92. The minimum atomic E-state index is -0.615. The monoisotopic (exact) mass is 245 g/mol. The van der Waals surface area contributed by atoms with Crippen LogP contribution in [0.25, 0.3) is 0 Å². The molecule has 6 nitrogen and oxygen atoms in total. The molecule has 1 fully saturated rings. The first-order valence-electron chi connectivity index (χ1n) is 5.69. The second-order valence-corrected chi connectivity index (χ2v) is 4.05. The Morgan fingerprint density at radius 3 is 2.71 bits per heavy atom. The van der Waals surface area contributed by atoms with Crippen molar-refractivity contribution >= 4 is 11.9 Å². The molecule has 0 saturated carbocycles. The summed E-state index contributed by atoms with van der Waals surface area (Å²) in [6.45, 7) is 3.95. The van der Waals surface area contributed by atoms with E-state index in [-0.39, 0.29) is 13.0 Å². The first-order valence-corrected chi connectivity index (χ1v) is 5.69. The minimum Gasteiger partial charge on any atom is -0.468 e. The van der Waals surface area contributed by atoms with Gasteiger partial charge in [0.15, 0.2) is 0 Å². The lowest BCUT2D eigenvalue weighted by Gasteiger charge is -2.26. The third kappa shape index (κ3) is 3.17. The number of rotatable bonds is 4. The van der Waals surface area contributed by atoms with Crippen LogP contribution in [0.3, 0.4) is 0 Å². The van der Waals surface area contributed by atoms with Gasteiger partial charge in [0.25, 0.3) is 0 Å². The van der Waals surface area contributed by atoms with Crippen molar-refractivity contribution in [1.82, 2.24) is 4.90 Å². The van der Waals surface area contributed by atoms with Gasteiger partial charge in [-0.25, -0.2) is 0 Å². The predicted molar refractivity (Wildman–Crippen MR) is 59.2 cm³/mol. The summed E-state index contributed by atoms with van der Waals surface area (Å²) in [4.78, 5) is 24.7. The second-order valence-electron chi connectivity index (χ2n) is 4.05. The third-order valence-electron chi connectivity index (χ3n) is 2.92. The summed E-state index contributed by atoms with van der Waals surface area (Å²) in [6, 6.07) is -1.13. The largest absolute Gasteiger partial charge is 0.468 e. The smallest absolute Gasteiger partial charge is 0.323 e. The van der Waals surface area contributed by atoms with Crippen LogP contribution in [-0.4, -0.2) is 60.4 Å². The summed E-state index contributed by atoms with van der Waals surface area (Å²) in [5.74, 6) is -0.826. The normalized spacial score (nSPS) is 26.6. The Labute approximate surface area is 100 Å². The van der Waals surface area contributed by atoms with Gasteiger partial charge >= 0.3 is 11.9 Å². The van der Waals surface area contributed by atoms with Gasteiger partial charge < -0.3 is 14.6 Å². The Bertz CT molecular complexity index is 294. The molecule has 0 aromatic rings. The van der Waals surface area contributed by atoms with Crippen LogP contribution in [0.2, 0.25) is 0 Å². The maximum Gasteiger partial charge on any atom is 0.323 e. The molecular weight excluding hydrogens is 226 g/mol. The zero-order valence-electron chi connectivity index (χ0n) is 10.4. The summed E-state index contributed by atoms with van der Waals surface area (Å²) in [7, 11) is 1.29. The molecule has 0 amide bonds. The minimum absolute atomic E-state index is 0.278. The number of hydrogen-bond donors (Lipinski definition) is 1. The van der Waals surface area contributed by atoms with E-state index in [9.17, 15) is 14.7 Å². The number of β-amino-alcohol motifs (C(OH)–C–C–N with tert-alkyl or cyclic N) is 1. The van der Waals surface area contributed by atoms with E-state index in [1.165, 1.54) is 7.11 Å². The van der Waals surface area contributed by atoms with Crippen LogP contribution in [-0.2, 0) is 19.1 Å². The van der Waals surface area contributed by atoms with Crippen LogP contribution < -0.4 is 0 Å². The Morgan fingerprint density at radius 2 is 2.18 bits per heavy atom. The SMILES string of the molecule is CCOC(=O)C(C)N1CC(O)CC1C(=O)OC. The summed E-state index contributed by atoms with van der Waals surface area (Å²) in [5.41, 5.74) is 0. The number of aliphatic hydroxyl groups excluding tert-OH is 1. The van der Waals surface area contributed by atoms with E-state index >= 15 is 0 Å². The molecule has 1 rings (SSSR count). The molecule has 1 aliphatic rings. The van der Waals surface area contributed by atoms with Gasteiger partial charge in [-0.2, -0.15) is 0 Å². The van der Waals surface area contributed by atoms with Gasteiger partial charge in [-0.15, -0.1) is 0 Å². The first kappa shape index (κ1) is 13.9. The van der Waals surface area contributed by atoms with Gasteiger partial charge in [0.05, 0.1) is 19.8 Å². The van der Waals surface area contributed by atoms with Crippen LogP contribution in [0, 0.1) is 0 Å². The molecule has 17 heavy (non-hydrogen) atoms. The standard InChI is InChI=1S/C11H19NO5/c1-4-17-10(14)7(2)12-6-8(13)5-9(12)11(15)16-3/h7-9,13H,4-6H2,1-3H3. The summed E-state index contributed by atoms with van der Waals surface area (Å²) in [6.07, 6.45) is -0.327. The van der Waals surface area contributed by atoms with Crippen molar-refractivity contribution in [2.75, 3.05) is 20.3 Å². The zero-order chi connectivity index (χ0) is 13.0. The van der Waals surface area contributed by atoms with Crippen LogP contribution in [0.5, 0.6) is 0 Å². The Hall–Kier alpha value is -1.14. The van der Waals surface area contributed by atoms with Gasteiger partial charge in [-0.3, -0.25) is 14.5 Å². The predicted octanol–water partition coefficient (Wildman–Crippen LogP) is -0.454. The van der Waals surface area contributed by atoms with Crippen LogP contribution in [0.15, 0.2) is 0 Å². The molecule has 1 N–H and O–H groups in total. The van der Waals surface area contributed by atoms with Crippen LogP contribution in [0.1, 0.15) is 20.3 Å². The van der Waals surface area contributed by atoms with Gasteiger partial charge in [0.2, 0.25) is 0 Å². The fourth-order valence-corrected chi connectivity index (χ4v) is 2.03. The molecule has 1 saturated heterocycles. The Morgan fingerprint density at radius 1 is 1.53 bits per heavy atom. The van der Waals surface area contributed by atoms with Crippen molar-refractivity contribution in [2.24, 2.45) is 0 Å². The number of carbonyl (C=O) groups is 2. The topological polar surface area (TPSA) is 76.1 Å². The van der Waals surface area contributed by atoms with Gasteiger partial charge in [0, 0.05) is 13.0 Å². The second kappa shape index (κ2) is 5.97. The number of carbonyl (C=O) groups excluding carboxylic acids is 2. The van der Waals surface area contributed by atoms with Crippen LogP contribution in [0.4, 0.5) is 0 Å². The van der Waals surface area contributed by atoms with Crippen molar-refractivity contribution < 1.29 is 24.2 Å². The lowest BCUT2D eigenvalue weighted by Crippen LogP contribution is -2.46. The van der Waals surface area contributed by atoms with Crippen molar-refractivity contribution in [3.63, 3.8) is 0 Å². The maximum atomic E-state index is 11.6. The molecule has 98 valence electrons. The molecule has 0 radical (unpaired) electrons. The molecular formula is C11H19NO5. The Kier molecular flexibility index (Phi) is 4.89. The summed E-state index contributed by atoms with van der Waals surface area (Å²) in [5, 5.41) is 9.57. The average Bonchev–Trinajstić information content (AvgIpc) is 2.69. The van der Waals surface area contributed by atoms with E-state index in [1.54, 1.807) is 18.7 Å². The van der Waals surface area contributed by atoms with E-state index in [2.05, 4.69) is 4.74 Å². The summed E-state index contributed by atoms with van der Waals surface area (Å²) >= 11 is 0. The molecule has 1 aliphatic heterocycles. The number of ether oxygens (including phenoxy) is 2. The first-order chi connectivity index (χ1) is 8.01. The molecule has 0 spiro atoms. The average molecular weight is 245 g/mol. The lowest BCUT2D eigenvalue weighted by molar-refractivity contribution is -0.153. The fraction of sp³-hybridized carbons (Fsp3) is 0.818. The van der Waals surface area contributed by atoms with E-state index < -0.39 is 30.1 Å². The molecule has 0 aromatic carbocycles. The number of esters is 2. The molecule has 3 atom stereocenters. The van der Waals surface area contributed by atoms with Gasteiger partial charge in [-0.1, -0.05) is 0 Å². The van der Waals surface area contributed by atoms with Crippen molar-refractivity contribution in [3.05, 3.63) is 0 Å². The van der Waals surface area contributed by atoms with Crippen molar-refractivity contribution in [2.45, 2.75) is 38.5 Å². The van der Waals surface area contributed by atoms with Crippen molar-refractivity contribution in [1.29, 1.82) is 0 Å². The molecule has 0 bridgehead atoms. The molecule has 1 heterocycles. The van der Waals surface area contributed by atoms with Gasteiger partial charge in [0.1, 0.15) is 12.1 Å². The number of likely N-dealkylation sites (tertiary alicyclic amines) is 1. The maximum absolute atomic E-state index is 11.6. The van der Waals surface area contributed by atoms with E-state index in [1.807, 2.05) is 0 Å². The highest BCUT2D eigenvalue weighted by molar-refractivity contribution is 5.79. The molecule has 0 aliphatic carbocycles. The zero-order valence-corrected chi connectivity index (χ0v) is 10.4. The highest BCUT2D eigenvalue weighted by atomic mass is 16.5. The Balaban J connectivity index is 2.72. The fourth-order valence-electron chi connectivity index (χ4n) is 2.03. The lowest BCUT2D eigenvalue weighted by atomic mass is 10.2. The highest BCUT2D eigenvalue weighted by Crippen LogP contribution is 2.22. The van der Waals surface area contributed by atoms with E-state index in [0.29, 0.717) is 6.61 Å². The molecule has 6 heteroatoms. The number of methoxy groups -OCH3 is 1. The number of hydrogen-bond acceptors (Lipinski definition) is 6. The van der Waals surface area contributed by atoms with Gasteiger partial charge in [-0.05, 0) is 13.8 Å². The number of aliphatic hydroxyl groups is 1. The van der Waals surface area contributed by atoms with E-state index in [0.717, 1.165) is 0 Å². The molecule has 0 aromatic heterocycles.